The molecular formula is C11H17N3. The first kappa shape index (κ1) is 9.31. The fourth-order valence-electron chi connectivity index (χ4n) is 1.87. The average molecular weight is 191 g/mol. The summed E-state index contributed by atoms with van der Waals surface area (Å²) in [4.78, 5) is 6.57. The second-order valence-electron chi connectivity index (χ2n) is 4.64. The van der Waals surface area contributed by atoms with Gasteiger partial charge in [0.25, 0.3) is 0 Å². The minimum absolute atomic E-state index is 0.167. The molecule has 0 aliphatic carbocycles. The Morgan fingerprint density at radius 2 is 2.21 bits per heavy atom. The van der Waals surface area contributed by atoms with Gasteiger partial charge >= 0.3 is 0 Å². The summed E-state index contributed by atoms with van der Waals surface area (Å²) in [5.74, 6) is 0. The maximum Gasteiger partial charge on any atom is 0.0793 e. The zero-order valence-corrected chi connectivity index (χ0v) is 9.04. The van der Waals surface area contributed by atoms with Crippen LogP contribution in [0, 0.1) is 0 Å². The zero-order chi connectivity index (χ0) is 10.2. The van der Waals surface area contributed by atoms with Gasteiger partial charge in [0.2, 0.25) is 0 Å². The van der Waals surface area contributed by atoms with Crippen molar-refractivity contribution in [1.82, 2.24) is 4.98 Å². The topological polar surface area (TPSA) is 28.2 Å². The summed E-state index contributed by atoms with van der Waals surface area (Å²) in [7, 11) is 0. The molecule has 14 heavy (non-hydrogen) atoms. The van der Waals surface area contributed by atoms with Crippen LogP contribution >= 0.6 is 0 Å². The molecule has 3 nitrogen and oxygen atoms in total. The van der Waals surface area contributed by atoms with Crippen molar-refractivity contribution in [3.63, 3.8) is 0 Å². The molecule has 0 aromatic carbocycles. The summed E-state index contributed by atoms with van der Waals surface area (Å²) in [6.07, 6.45) is 3.77. The van der Waals surface area contributed by atoms with Crippen LogP contribution < -0.4 is 10.2 Å². The third-order valence-electron chi connectivity index (χ3n) is 2.55. The van der Waals surface area contributed by atoms with E-state index in [1.54, 1.807) is 0 Å². The molecule has 2 heterocycles. The van der Waals surface area contributed by atoms with Gasteiger partial charge in [0.15, 0.2) is 0 Å². The lowest BCUT2D eigenvalue weighted by Crippen LogP contribution is -2.46. The van der Waals surface area contributed by atoms with Gasteiger partial charge in [0.05, 0.1) is 17.6 Å². The highest BCUT2D eigenvalue weighted by Gasteiger charge is 2.26. The van der Waals surface area contributed by atoms with Gasteiger partial charge in [-0.25, -0.2) is 0 Å². The molecule has 0 unspecified atom stereocenters. The first-order valence-electron chi connectivity index (χ1n) is 5.04. The number of nitrogens with one attached hydrogen (secondary N) is 1. The third kappa shape index (κ3) is 1.54. The Bertz CT molecular complexity index is 328. The molecule has 1 aliphatic rings. The molecule has 2 rings (SSSR count). The summed E-state index contributed by atoms with van der Waals surface area (Å²) in [6.45, 7) is 8.75. The molecule has 0 spiro atoms. The molecule has 0 saturated heterocycles. The fraction of sp³-hybridized carbons (Fsp3) is 0.545. The minimum Gasteiger partial charge on any atom is -0.382 e. The molecule has 1 aromatic rings. The molecule has 3 heteroatoms. The second-order valence-corrected chi connectivity index (χ2v) is 4.64. The SMILES string of the molecule is CC(C)(C)N1CCNc2ccncc21. The van der Waals surface area contributed by atoms with Crippen LogP contribution in [0.15, 0.2) is 18.5 Å². The van der Waals surface area contributed by atoms with Crippen molar-refractivity contribution in [1.29, 1.82) is 0 Å². The van der Waals surface area contributed by atoms with Crippen molar-refractivity contribution < 1.29 is 0 Å². The molecule has 76 valence electrons. The number of nitrogens with zero attached hydrogens (tertiary/aromatic N) is 2. The van der Waals surface area contributed by atoms with E-state index in [-0.39, 0.29) is 5.54 Å². The van der Waals surface area contributed by atoms with Gasteiger partial charge in [-0.05, 0) is 26.8 Å². The number of anilines is 2. The molecule has 1 aromatic heterocycles. The molecule has 0 saturated carbocycles. The molecule has 1 aliphatic heterocycles. The number of pyridine rings is 1. The van der Waals surface area contributed by atoms with Crippen LogP contribution in [-0.2, 0) is 0 Å². The first-order valence-corrected chi connectivity index (χ1v) is 5.04. The van der Waals surface area contributed by atoms with Crippen molar-refractivity contribution in [2.24, 2.45) is 0 Å². The van der Waals surface area contributed by atoms with Crippen LogP contribution in [0.25, 0.3) is 0 Å². The van der Waals surface area contributed by atoms with Crippen molar-refractivity contribution in [2.45, 2.75) is 26.3 Å². The van der Waals surface area contributed by atoms with E-state index < -0.39 is 0 Å². The van der Waals surface area contributed by atoms with E-state index in [1.807, 2.05) is 18.5 Å². The molecule has 0 amide bonds. The number of hydrogen-bond donors (Lipinski definition) is 1. The highest BCUT2D eigenvalue weighted by molar-refractivity contribution is 5.71. The van der Waals surface area contributed by atoms with Gasteiger partial charge in [-0.2, -0.15) is 0 Å². The molecule has 1 N–H and O–H groups in total. The Hall–Kier alpha value is -1.25. The van der Waals surface area contributed by atoms with Gasteiger partial charge in [-0.1, -0.05) is 0 Å². The van der Waals surface area contributed by atoms with Gasteiger partial charge < -0.3 is 10.2 Å². The monoisotopic (exact) mass is 191 g/mol. The van der Waals surface area contributed by atoms with Gasteiger partial charge in [0, 0.05) is 24.8 Å². The van der Waals surface area contributed by atoms with E-state index in [0.29, 0.717) is 0 Å². The average Bonchev–Trinajstić information content (AvgIpc) is 2.15. The Kier molecular flexibility index (Phi) is 2.10. The lowest BCUT2D eigenvalue weighted by molar-refractivity contribution is 0.504. The van der Waals surface area contributed by atoms with E-state index in [0.717, 1.165) is 13.1 Å². The zero-order valence-electron chi connectivity index (χ0n) is 9.04. The van der Waals surface area contributed by atoms with Crippen LogP contribution in [0.5, 0.6) is 0 Å². The smallest absolute Gasteiger partial charge is 0.0793 e. The predicted molar refractivity (Wildman–Crippen MR) is 59.8 cm³/mol. The van der Waals surface area contributed by atoms with E-state index in [4.69, 9.17) is 0 Å². The Labute approximate surface area is 85.1 Å². The third-order valence-corrected chi connectivity index (χ3v) is 2.55. The Morgan fingerprint density at radius 1 is 1.43 bits per heavy atom. The van der Waals surface area contributed by atoms with Crippen molar-refractivity contribution in [3.05, 3.63) is 18.5 Å². The van der Waals surface area contributed by atoms with Crippen LogP contribution in [-0.4, -0.2) is 23.6 Å². The fourth-order valence-corrected chi connectivity index (χ4v) is 1.87. The van der Waals surface area contributed by atoms with Gasteiger partial charge in [0.1, 0.15) is 0 Å². The summed E-state index contributed by atoms with van der Waals surface area (Å²) >= 11 is 0. The summed E-state index contributed by atoms with van der Waals surface area (Å²) in [6, 6.07) is 2.03. The number of hydrogen-bond acceptors (Lipinski definition) is 3. The highest BCUT2D eigenvalue weighted by atomic mass is 15.2. The first-order chi connectivity index (χ1) is 6.59. The molecule has 0 atom stereocenters. The van der Waals surface area contributed by atoms with Crippen molar-refractivity contribution >= 4 is 11.4 Å². The molecule has 0 fully saturated rings. The number of aromatic nitrogens is 1. The highest BCUT2D eigenvalue weighted by Crippen LogP contribution is 2.32. The standard InChI is InChI=1S/C11H17N3/c1-11(2,3)14-7-6-13-9-4-5-12-8-10(9)14/h4-5,8,13H,6-7H2,1-3H3. The quantitative estimate of drug-likeness (QED) is 0.680. The predicted octanol–water partition coefficient (Wildman–Crippen LogP) is 2.11. The second kappa shape index (κ2) is 3.15. The summed E-state index contributed by atoms with van der Waals surface area (Å²) in [5, 5.41) is 3.38. The number of fused-ring (bicyclic) bond motifs is 1. The molecular weight excluding hydrogens is 174 g/mol. The Morgan fingerprint density at radius 3 is 2.93 bits per heavy atom. The van der Waals surface area contributed by atoms with Crippen LogP contribution in [0.3, 0.4) is 0 Å². The van der Waals surface area contributed by atoms with Gasteiger partial charge in [-0.3, -0.25) is 4.98 Å². The largest absolute Gasteiger partial charge is 0.382 e. The van der Waals surface area contributed by atoms with Crippen LogP contribution in [0.2, 0.25) is 0 Å². The lowest BCUT2D eigenvalue weighted by atomic mass is 10.0. The Balaban J connectivity index is 2.41. The van der Waals surface area contributed by atoms with E-state index >= 15 is 0 Å². The van der Waals surface area contributed by atoms with E-state index in [1.165, 1.54) is 11.4 Å². The van der Waals surface area contributed by atoms with Crippen LogP contribution in [0.4, 0.5) is 11.4 Å². The summed E-state index contributed by atoms with van der Waals surface area (Å²) in [5.41, 5.74) is 2.58. The minimum atomic E-state index is 0.167. The van der Waals surface area contributed by atoms with E-state index in [2.05, 4.69) is 36.0 Å². The molecule has 0 radical (unpaired) electrons. The lowest BCUT2D eigenvalue weighted by Gasteiger charge is -2.41. The van der Waals surface area contributed by atoms with Crippen molar-refractivity contribution in [2.75, 3.05) is 23.3 Å². The summed E-state index contributed by atoms with van der Waals surface area (Å²) < 4.78 is 0. The van der Waals surface area contributed by atoms with E-state index in [9.17, 15) is 0 Å². The maximum atomic E-state index is 4.18. The number of rotatable bonds is 0. The molecule has 0 bridgehead atoms. The van der Waals surface area contributed by atoms with Crippen molar-refractivity contribution in [3.8, 4) is 0 Å². The van der Waals surface area contributed by atoms with Crippen LogP contribution in [0.1, 0.15) is 20.8 Å². The normalized spacial score (nSPS) is 16.1. The van der Waals surface area contributed by atoms with Gasteiger partial charge in [-0.15, -0.1) is 0 Å². The maximum absolute atomic E-state index is 4.18.